The zero-order valence-electron chi connectivity index (χ0n) is 12.3. The molecule has 1 aliphatic heterocycles. The number of hydrogen-bond donors (Lipinski definition) is 1. The zero-order chi connectivity index (χ0) is 13.8. The Bertz CT molecular complexity index is 406. The molecular weight excluding hydrogens is 248 g/mol. The fraction of sp³-hybridized carbons (Fsp3) is 0.706. The highest BCUT2D eigenvalue weighted by Crippen LogP contribution is 2.33. The molecule has 0 atom stereocenters. The van der Waals surface area contributed by atoms with Crippen LogP contribution in [-0.2, 0) is 5.60 Å². The van der Waals surface area contributed by atoms with Crippen molar-refractivity contribution in [1.29, 1.82) is 0 Å². The van der Waals surface area contributed by atoms with Gasteiger partial charge in [-0.05, 0) is 37.7 Å². The van der Waals surface area contributed by atoms with E-state index in [-0.39, 0.29) is 0 Å². The maximum Gasteiger partial charge on any atom is 0.0935 e. The summed E-state index contributed by atoms with van der Waals surface area (Å²) in [7, 11) is 0. The minimum Gasteiger partial charge on any atom is -0.385 e. The Hall–Kier alpha value is -0.930. The van der Waals surface area contributed by atoms with Gasteiger partial charge in [0.15, 0.2) is 0 Å². The highest BCUT2D eigenvalue weighted by Gasteiger charge is 2.34. The summed E-state index contributed by atoms with van der Waals surface area (Å²) in [5.74, 6) is 0.897. The fourth-order valence-corrected chi connectivity index (χ4v) is 3.77. The van der Waals surface area contributed by atoms with Gasteiger partial charge in [0.05, 0.1) is 5.60 Å². The third kappa shape index (κ3) is 3.21. The second-order valence-electron chi connectivity index (χ2n) is 6.58. The van der Waals surface area contributed by atoms with Gasteiger partial charge in [0.2, 0.25) is 0 Å². The van der Waals surface area contributed by atoms with Crippen LogP contribution in [0.2, 0.25) is 0 Å². The molecule has 0 spiro atoms. The zero-order valence-corrected chi connectivity index (χ0v) is 12.3. The van der Waals surface area contributed by atoms with Gasteiger partial charge in [0.1, 0.15) is 0 Å². The SMILES string of the molecule is OC1(c2cccnc2)CCN(CC2CCCCC2)CC1. The first kappa shape index (κ1) is 14.0. The second kappa shape index (κ2) is 6.23. The lowest BCUT2D eigenvalue weighted by Gasteiger charge is -2.40. The number of aromatic nitrogens is 1. The maximum atomic E-state index is 10.8. The molecule has 3 heteroatoms. The fourth-order valence-electron chi connectivity index (χ4n) is 3.77. The van der Waals surface area contributed by atoms with Crippen molar-refractivity contribution in [3.05, 3.63) is 30.1 Å². The summed E-state index contributed by atoms with van der Waals surface area (Å²) in [4.78, 5) is 6.70. The standard InChI is InChI=1S/C17H26N2O/c20-17(16-7-4-10-18-13-16)8-11-19(12-9-17)14-15-5-2-1-3-6-15/h4,7,10,13,15,20H,1-3,5-6,8-9,11-12,14H2. The molecular formula is C17H26N2O. The Balaban J connectivity index is 1.53. The Morgan fingerprint density at radius 1 is 1.20 bits per heavy atom. The molecule has 0 aromatic carbocycles. The van der Waals surface area contributed by atoms with E-state index in [4.69, 9.17) is 0 Å². The van der Waals surface area contributed by atoms with E-state index in [2.05, 4.69) is 9.88 Å². The molecule has 1 saturated heterocycles. The van der Waals surface area contributed by atoms with Gasteiger partial charge in [0.25, 0.3) is 0 Å². The van der Waals surface area contributed by atoms with Gasteiger partial charge in [0, 0.05) is 37.6 Å². The van der Waals surface area contributed by atoms with Gasteiger partial charge in [-0.2, -0.15) is 0 Å². The first-order valence-electron chi connectivity index (χ1n) is 8.11. The van der Waals surface area contributed by atoms with E-state index in [9.17, 15) is 5.11 Å². The van der Waals surface area contributed by atoms with Gasteiger partial charge in [-0.1, -0.05) is 25.3 Å². The lowest BCUT2D eigenvalue weighted by Crippen LogP contribution is -2.44. The first-order valence-corrected chi connectivity index (χ1v) is 8.11. The summed E-state index contributed by atoms with van der Waals surface area (Å²) in [5, 5.41) is 10.8. The normalized spacial score (nSPS) is 24.6. The summed E-state index contributed by atoms with van der Waals surface area (Å²) < 4.78 is 0. The molecule has 0 unspecified atom stereocenters. The molecule has 1 aromatic heterocycles. The Kier molecular flexibility index (Phi) is 4.37. The molecule has 110 valence electrons. The molecule has 1 N–H and O–H groups in total. The number of nitrogens with zero attached hydrogens (tertiary/aromatic N) is 2. The second-order valence-corrected chi connectivity index (χ2v) is 6.58. The van der Waals surface area contributed by atoms with Gasteiger partial charge >= 0.3 is 0 Å². The lowest BCUT2D eigenvalue weighted by atomic mass is 9.84. The number of pyridine rings is 1. The average Bonchev–Trinajstić information content (AvgIpc) is 2.52. The van der Waals surface area contributed by atoms with Gasteiger partial charge in [-0.25, -0.2) is 0 Å². The molecule has 1 aromatic rings. The van der Waals surface area contributed by atoms with E-state index in [1.165, 1.54) is 38.6 Å². The summed E-state index contributed by atoms with van der Waals surface area (Å²) in [6.45, 7) is 3.27. The quantitative estimate of drug-likeness (QED) is 0.920. The Labute approximate surface area is 122 Å². The average molecular weight is 274 g/mol. The summed E-state index contributed by atoms with van der Waals surface area (Å²) in [6.07, 6.45) is 12.3. The highest BCUT2D eigenvalue weighted by atomic mass is 16.3. The molecule has 2 heterocycles. The van der Waals surface area contributed by atoms with Crippen LogP contribution in [0.1, 0.15) is 50.5 Å². The van der Waals surface area contributed by atoms with Crippen molar-refractivity contribution in [2.24, 2.45) is 5.92 Å². The van der Waals surface area contributed by atoms with Crippen LogP contribution in [0.5, 0.6) is 0 Å². The molecule has 2 fully saturated rings. The van der Waals surface area contributed by atoms with Crippen molar-refractivity contribution in [2.45, 2.75) is 50.5 Å². The highest BCUT2D eigenvalue weighted by molar-refractivity contribution is 5.18. The van der Waals surface area contributed by atoms with Crippen molar-refractivity contribution in [3.8, 4) is 0 Å². The molecule has 1 aliphatic carbocycles. The van der Waals surface area contributed by atoms with Crippen molar-refractivity contribution in [2.75, 3.05) is 19.6 Å². The molecule has 1 saturated carbocycles. The summed E-state index contributed by atoms with van der Waals surface area (Å²) >= 11 is 0. The lowest BCUT2D eigenvalue weighted by molar-refractivity contribution is -0.0300. The molecule has 2 aliphatic rings. The van der Waals surface area contributed by atoms with E-state index in [0.717, 1.165) is 37.4 Å². The molecule has 0 radical (unpaired) electrons. The molecule has 20 heavy (non-hydrogen) atoms. The van der Waals surface area contributed by atoms with Crippen molar-refractivity contribution >= 4 is 0 Å². The first-order chi connectivity index (χ1) is 9.76. The molecule has 3 rings (SSSR count). The van der Waals surface area contributed by atoms with Crippen LogP contribution in [0.4, 0.5) is 0 Å². The Morgan fingerprint density at radius 3 is 2.60 bits per heavy atom. The van der Waals surface area contributed by atoms with Gasteiger partial charge in [-0.15, -0.1) is 0 Å². The number of likely N-dealkylation sites (tertiary alicyclic amines) is 1. The van der Waals surface area contributed by atoms with Crippen molar-refractivity contribution in [1.82, 2.24) is 9.88 Å². The van der Waals surface area contributed by atoms with Crippen LogP contribution >= 0.6 is 0 Å². The van der Waals surface area contributed by atoms with E-state index in [1.54, 1.807) is 6.20 Å². The van der Waals surface area contributed by atoms with E-state index < -0.39 is 5.60 Å². The summed E-state index contributed by atoms with van der Waals surface area (Å²) in [5.41, 5.74) is 0.328. The number of aliphatic hydroxyl groups is 1. The van der Waals surface area contributed by atoms with E-state index >= 15 is 0 Å². The van der Waals surface area contributed by atoms with Crippen LogP contribution in [-0.4, -0.2) is 34.6 Å². The molecule has 0 bridgehead atoms. The largest absolute Gasteiger partial charge is 0.385 e. The predicted molar refractivity (Wildman–Crippen MR) is 80.4 cm³/mol. The maximum absolute atomic E-state index is 10.8. The number of hydrogen-bond acceptors (Lipinski definition) is 3. The van der Waals surface area contributed by atoms with Crippen LogP contribution in [0.25, 0.3) is 0 Å². The third-order valence-electron chi connectivity index (χ3n) is 5.12. The van der Waals surface area contributed by atoms with Crippen LogP contribution < -0.4 is 0 Å². The van der Waals surface area contributed by atoms with E-state index in [0.29, 0.717) is 0 Å². The third-order valence-corrected chi connectivity index (χ3v) is 5.12. The smallest absolute Gasteiger partial charge is 0.0935 e. The topological polar surface area (TPSA) is 36.4 Å². The number of rotatable bonds is 3. The van der Waals surface area contributed by atoms with Gasteiger partial charge in [-0.3, -0.25) is 4.98 Å². The van der Waals surface area contributed by atoms with Crippen LogP contribution in [0.3, 0.4) is 0 Å². The Morgan fingerprint density at radius 2 is 1.95 bits per heavy atom. The van der Waals surface area contributed by atoms with Crippen LogP contribution in [0.15, 0.2) is 24.5 Å². The van der Waals surface area contributed by atoms with Crippen molar-refractivity contribution < 1.29 is 5.11 Å². The van der Waals surface area contributed by atoms with Crippen molar-refractivity contribution in [3.63, 3.8) is 0 Å². The van der Waals surface area contributed by atoms with Crippen LogP contribution in [0, 0.1) is 5.92 Å². The number of piperidine rings is 1. The van der Waals surface area contributed by atoms with Gasteiger partial charge < -0.3 is 10.0 Å². The summed E-state index contributed by atoms with van der Waals surface area (Å²) in [6, 6.07) is 3.92. The van der Waals surface area contributed by atoms with E-state index in [1.807, 2.05) is 18.3 Å². The monoisotopic (exact) mass is 274 g/mol. The molecule has 0 amide bonds. The minimum atomic E-state index is -0.655. The predicted octanol–water partition coefficient (Wildman–Crippen LogP) is 2.95. The molecule has 3 nitrogen and oxygen atoms in total. The minimum absolute atomic E-state index is 0.655.